The lowest BCUT2D eigenvalue weighted by atomic mass is 10.3. The predicted octanol–water partition coefficient (Wildman–Crippen LogP) is 2.65. The van der Waals surface area contributed by atoms with Gasteiger partial charge in [-0.25, -0.2) is 13.2 Å². The summed E-state index contributed by atoms with van der Waals surface area (Å²) in [5, 5.41) is 2.30. The van der Waals surface area contributed by atoms with Crippen LogP contribution < -0.4 is 10.1 Å². The van der Waals surface area contributed by atoms with Crippen molar-refractivity contribution in [2.75, 3.05) is 17.8 Å². The molecule has 0 bridgehead atoms. The minimum absolute atomic E-state index is 0.0951. The maximum atomic E-state index is 12.9. The summed E-state index contributed by atoms with van der Waals surface area (Å²) in [4.78, 5) is 11.0. The van der Waals surface area contributed by atoms with Crippen LogP contribution in [0.4, 0.5) is 18.9 Å². The number of hydrogen-bond donors (Lipinski definition) is 1. The molecule has 94 valence electrons. The van der Waals surface area contributed by atoms with Crippen LogP contribution in [0, 0.1) is 5.82 Å². The monoisotopic (exact) mass is 267 g/mol. The summed E-state index contributed by atoms with van der Waals surface area (Å²) in [6.07, 6.45) is -2.69. The second-order valence-electron chi connectivity index (χ2n) is 3.02. The zero-order chi connectivity index (χ0) is 12.8. The average Bonchev–Trinajstić information content (AvgIpc) is 2.29. The molecule has 7 heteroatoms. The third kappa shape index (κ3) is 4.52. The van der Waals surface area contributed by atoms with E-state index < -0.39 is 24.8 Å². The number of ether oxygens (including phenoxy) is 1. The van der Waals surface area contributed by atoms with E-state index in [0.29, 0.717) is 0 Å². The number of nitrogens with one attached hydrogen (secondary N) is 1. The first-order valence-corrected chi connectivity index (χ1v) is 5.12. The molecule has 0 heterocycles. The summed E-state index contributed by atoms with van der Waals surface area (Å²) in [5.41, 5.74) is 0.0951. The average molecular weight is 268 g/mol. The molecule has 1 N–H and O–H groups in total. The second-order valence-corrected chi connectivity index (χ2v) is 3.29. The van der Waals surface area contributed by atoms with E-state index in [-0.39, 0.29) is 17.3 Å². The van der Waals surface area contributed by atoms with Crippen molar-refractivity contribution in [3.63, 3.8) is 0 Å². The molecule has 0 saturated heterocycles. The van der Waals surface area contributed by atoms with Crippen molar-refractivity contribution in [1.82, 2.24) is 0 Å². The number of carbonyl (C=O) groups excluding carboxylic acids is 1. The molecule has 0 atom stereocenters. The van der Waals surface area contributed by atoms with E-state index in [0.717, 1.165) is 12.1 Å². The van der Waals surface area contributed by atoms with Gasteiger partial charge < -0.3 is 10.1 Å². The van der Waals surface area contributed by atoms with Crippen LogP contribution in [0.1, 0.15) is 0 Å². The maximum absolute atomic E-state index is 12.9. The van der Waals surface area contributed by atoms with Crippen LogP contribution in [0.15, 0.2) is 18.2 Å². The normalized spacial score (nSPS) is 10.4. The van der Waals surface area contributed by atoms with E-state index in [9.17, 15) is 18.0 Å². The minimum atomic E-state index is -2.69. The largest absolute Gasteiger partial charge is 0.485 e. The molecule has 0 unspecified atom stereocenters. The Morgan fingerprint density at radius 3 is 2.76 bits per heavy atom. The Kier molecular flexibility index (Phi) is 5.09. The van der Waals surface area contributed by atoms with Crippen molar-refractivity contribution < 1.29 is 22.7 Å². The summed E-state index contributed by atoms with van der Waals surface area (Å²) in [5.74, 6) is -1.66. The Balaban J connectivity index is 2.83. The number of alkyl halides is 3. The molecule has 1 aromatic rings. The fourth-order valence-electron chi connectivity index (χ4n) is 1.06. The molecular formula is C10H9ClF3NO2. The Morgan fingerprint density at radius 2 is 2.18 bits per heavy atom. The highest BCUT2D eigenvalue weighted by Crippen LogP contribution is 2.25. The first-order valence-electron chi connectivity index (χ1n) is 4.59. The molecule has 0 aliphatic rings. The smallest absolute Gasteiger partial charge is 0.272 e. The highest BCUT2D eigenvalue weighted by atomic mass is 35.5. The van der Waals surface area contributed by atoms with E-state index in [4.69, 9.17) is 11.6 Å². The molecule has 0 fully saturated rings. The molecule has 0 radical (unpaired) electrons. The van der Waals surface area contributed by atoms with Gasteiger partial charge in [-0.2, -0.15) is 0 Å². The van der Waals surface area contributed by atoms with Crippen molar-refractivity contribution in [2.24, 2.45) is 0 Å². The van der Waals surface area contributed by atoms with Crippen LogP contribution in [0.25, 0.3) is 0 Å². The predicted molar refractivity (Wildman–Crippen MR) is 57.2 cm³/mol. The van der Waals surface area contributed by atoms with Crippen LogP contribution in [0.5, 0.6) is 5.75 Å². The fraction of sp³-hybridized carbons (Fsp3) is 0.300. The third-order valence-corrected chi connectivity index (χ3v) is 1.95. The molecule has 0 saturated carbocycles. The summed E-state index contributed by atoms with van der Waals surface area (Å²) in [7, 11) is 0. The summed E-state index contributed by atoms with van der Waals surface area (Å²) in [6, 6.07) is 3.19. The summed E-state index contributed by atoms with van der Waals surface area (Å²) >= 11 is 5.27. The number of halogens is 4. The van der Waals surface area contributed by atoms with Gasteiger partial charge in [-0.1, -0.05) is 0 Å². The highest BCUT2D eigenvalue weighted by Gasteiger charge is 2.11. The van der Waals surface area contributed by atoms with Gasteiger partial charge in [0, 0.05) is 6.07 Å². The van der Waals surface area contributed by atoms with Crippen LogP contribution in [-0.2, 0) is 4.79 Å². The lowest BCUT2D eigenvalue weighted by Crippen LogP contribution is -2.15. The molecule has 17 heavy (non-hydrogen) atoms. The number of benzene rings is 1. The standard InChI is InChI=1S/C10H9ClF3NO2/c11-4-10(16)15-7-2-1-6(12)3-8(7)17-5-9(13)14/h1-3,9H,4-5H2,(H,15,16). The van der Waals surface area contributed by atoms with Crippen molar-refractivity contribution in [3.05, 3.63) is 24.0 Å². The third-order valence-electron chi connectivity index (χ3n) is 1.70. The molecule has 0 aliphatic heterocycles. The van der Waals surface area contributed by atoms with Gasteiger partial charge in [-0.3, -0.25) is 4.79 Å². The van der Waals surface area contributed by atoms with Crippen LogP contribution >= 0.6 is 11.6 Å². The van der Waals surface area contributed by atoms with Gasteiger partial charge >= 0.3 is 0 Å². The van der Waals surface area contributed by atoms with Gasteiger partial charge in [0.15, 0.2) is 0 Å². The number of anilines is 1. The van der Waals surface area contributed by atoms with E-state index in [1.54, 1.807) is 0 Å². The number of carbonyl (C=O) groups is 1. The van der Waals surface area contributed by atoms with Gasteiger partial charge in [-0.15, -0.1) is 11.6 Å². The quantitative estimate of drug-likeness (QED) is 0.833. The molecule has 3 nitrogen and oxygen atoms in total. The van der Waals surface area contributed by atoms with E-state index in [2.05, 4.69) is 10.1 Å². The Bertz CT molecular complexity index is 401. The van der Waals surface area contributed by atoms with E-state index in [1.165, 1.54) is 6.07 Å². The SMILES string of the molecule is O=C(CCl)Nc1ccc(F)cc1OCC(F)F. The first kappa shape index (κ1) is 13.6. The minimum Gasteiger partial charge on any atom is -0.485 e. The topological polar surface area (TPSA) is 38.3 Å². The van der Waals surface area contributed by atoms with Gasteiger partial charge in [0.2, 0.25) is 5.91 Å². The van der Waals surface area contributed by atoms with Crippen molar-refractivity contribution in [3.8, 4) is 5.75 Å². The molecule has 0 aromatic heterocycles. The number of hydrogen-bond acceptors (Lipinski definition) is 2. The number of amides is 1. The molecular weight excluding hydrogens is 259 g/mol. The van der Waals surface area contributed by atoms with Gasteiger partial charge in [-0.05, 0) is 12.1 Å². The maximum Gasteiger partial charge on any atom is 0.272 e. The van der Waals surface area contributed by atoms with Crippen LogP contribution in [0.3, 0.4) is 0 Å². The summed E-state index contributed by atoms with van der Waals surface area (Å²) in [6.45, 7) is -0.882. The summed E-state index contributed by atoms with van der Waals surface area (Å²) < 4.78 is 41.5. The molecule has 1 rings (SSSR count). The van der Waals surface area contributed by atoms with Gasteiger partial charge in [0.1, 0.15) is 24.1 Å². The Hall–Kier alpha value is -1.43. The van der Waals surface area contributed by atoms with Crippen molar-refractivity contribution >= 4 is 23.2 Å². The number of rotatable bonds is 5. The first-order chi connectivity index (χ1) is 8.02. The zero-order valence-corrected chi connectivity index (χ0v) is 9.31. The lowest BCUT2D eigenvalue weighted by Gasteiger charge is -2.11. The van der Waals surface area contributed by atoms with Crippen LogP contribution in [0.2, 0.25) is 0 Å². The van der Waals surface area contributed by atoms with Crippen LogP contribution in [-0.4, -0.2) is 24.8 Å². The molecule has 1 amide bonds. The van der Waals surface area contributed by atoms with E-state index in [1.807, 2.05) is 0 Å². The van der Waals surface area contributed by atoms with Crippen molar-refractivity contribution in [2.45, 2.75) is 6.43 Å². The molecule has 0 aliphatic carbocycles. The van der Waals surface area contributed by atoms with Gasteiger partial charge in [0.05, 0.1) is 5.69 Å². The second kappa shape index (κ2) is 6.34. The van der Waals surface area contributed by atoms with E-state index >= 15 is 0 Å². The molecule has 0 spiro atoms. The Morgan fingerprint density at radius 1 is 1.47 bits per heavy atom. The zero-order valence-electron chi connectivity index (χ0n) is 8.55. The molecule has 1 aromatic carbocycles. The Labute approximate surface area is 101 Å². The van der Waals surface area contributed by atoms with Gasteiger partial charge in [0.25, 0.3) is 6.43 Å². The van der Waals surface area contributed by atoms with Crippen molar-refractivity contribution in [1.29, 1.82) is 0 Å². The lowest BCUT2D eigenvalue weighted by molar-refractivity contribution is -0.113. The fourth-order valence-corrected chi connectivity index (χ4v) is 1.12. The highest BCUT2D eigenvalue weighted by molar-refractivity contribution is 6.29.